The highest BCUT2D eigenvalue weighted by molar-refractivity contribution is 5.88. The second-order valence-corrected chi connectivity index (χ2v) is 5.90. The second kappa shape index (κ2) is 12.7. The van der Waals surface area contributed by atoms with Crippen LogP contribution in [0, 0.1) is 21.4 Å². The largest absolute Gasteiger partial charge is 0.354 e. The summed E-state index contributed by atoms with van der Waals surface area (Å²) in [4.78, 5) is 34.1. The summed E-state index contributed by atoms with van der Waals surface area (Å²) in [6.07, 6.45) is 3.19. The van der Waals surface area contributed by atoms with E-state index in [1.165, 1.54) is 6.08 Å². The van der Waals surface area contributed by atoms with Crippen LogP contribution in [-0.4, -0.2) is 41.9 Å². The number of carbonyl (C=O) groups is 2. The molecule has 0 aromatic heterocycles. The number of nitrogens with zero attached hydrogens (tertiary/aromatic N) is 1. The third kappa shape index (κ3) is 12.4. The number of amides is 2. The maximum absolute atomic E-state index is 12.2. The molecule has 0 aromatic carbocycles. The van der Waals surface area contributed by atoms with Gasteiger partial charge in [-0.3, -0.25) is 15.0 Å². The van der Waals surface area contributed by atoms with E-state index in [1.807, 2.05) is 0 Å². The minimum absolute atomic E-state index is 0.116. The van der Waals surface area contributed by atoms with Crippen LogP contribution in [0.4, 0.5) is 0 Å². The van der Waals surface area contributed by atoms with Gasteiger partial charge in [0.1, 0.15) is 6.04 Å². The van der Waals surface area contributed by atoms with E-state index in [9.17, 15) is 19.7 Å². The summed E-state index contributed by atoms with van der Waals surface area (Å²) in [6.45, 7) is 8.37. The molecule has 0 heterocycles. The number of hydrazine groups is 1. The number of nitrogens with one attached hydrogen (secondary N) is 5. The minimum Gasteiger partial charge on any atom is -0.354 e. The third-order valence-electron chi connectivity index (χ3n) is 3.18. The monoisotopic (exact) mass is 356 g/mol. The van der Waals surface area contributed by atoms with Crippen LogP contribution in [0.5, 0.6) is 0 Å². The molecule has 2 amide bonds. The zero-order valence-corrected chi connectivity index (χ0v) is 14.8. The first-order valence-electron chi connectivity index (χ1n) is 8.17. The van der Waals surface area contributed by atoms with E-state index in [-0.39, 0.29) is 24.8 Å². The Kier molecular flexibility index (Phi) is 11.4. The van der Waals surface area contributed by atoms with Crippen LogP contribution < -0.4 is 21.4 Å². The zero-order chi connectivity index (χ0) is 19.2. The van der Waals surface area contributed by atoms with Gasteiger partial charge in [-0.25, -0.2) is 10.1 Å². The molecular weight excluding hydrogens is 328 g/mol. The van der Waals surface area contributed by atoms with Crippen molar-refractivity contribution in [2.75, 3.05) is 13.1 Å². The van der Waals surface area contributed by atoms with Gasteiger partial charge in [0.2, 0.25) is 11.8 Å². The minimum atomic E-state index is -0.837. The van der Waals surface area contributed by atoms with Crippen LogP contribution in [0.1, 0.15) is 39.5 Å². The van der Waals surface area contributed by atoms with E-state index in [2.05, 4.69) is 36.4 Å². The van der Waals surface area contributed by atoms with Crippen LogP contribution in [0.2, 0.25) is 0 Å². The fourth-order valence-electron chi connectivity index (χ4n) is 1.91. The molecule has 0 saturated carbocycles. The average molecular weight is 356 g/mol. The van der Waals surface area contributed by atoms with Crippen molar-refractivity contribution in [3.63, 3.8) is 0 Å². The van der Waals surface area contributed by atoms with Gasteiger partial charge in [-0.2, -0.15) is 0 Å². The molecule has 0 spiro atoms. The van der Waals surface area contributed by atoms with Gasteiger partial charge in [-0.1, -0.05) is 25.3 Å². The predicted octanol–water partition coefficient (Wildman–Crippen LogP) is 0.295. The van der Waals surface area contributed by atoms with Crippen molar-refractivity contribution >= 4 is 17.8 Å². The molecule has 0 bridgehead atoms. The van der Waals surface area contributed by atoms with Crippen LogP contribution in [-0.2, 0) is 9.59 Å². The molecule has 1 atom stereocenters. The molecule has 0 radical (unpaired) electrons. The molecule has 0 aliphatic heterocycles. The lowest BCUT2D eigenvalue weighted by Crippen LogP contribution is -2.47. The van der Waals surface area contributed by atoms with Crippen molar-refractivity contribution < 1.29 is 14.6 Å². The number of carbonyl (C=O) groups excluding carboxylic acids is 2. The van der Waals surface area contributed by atoms with Gasteiger partial charge < -0.3 is 16.0 Å². The lowest BCUT2D eigenvalue weighted by Gasteiger charge is -2.19. The summed E-state index contributed by atoms with van der Waals surface area (Å²) in [5.74, 6) is -0.539. The van der Waals surface area contributed by atoms with Gasteiger partial charge in [0.05, 0.1) is 0 Å². The Bertz CT molecular complexity index is 481. The van der Waals surface area contributed by atoms with Gasteiger partial charge in [-0.05, 0) is 25.2 Å². The van der Waals surface area contributed by atoms with Gasteiger partial charge in [0.15, 0.2) is 5.03 Å². The Morgan fingerprint density at radius 3 is 2.48 bits per heavy atom. The summed E-state index contributed by atoms with van der Waals surface area (Å²) < 4.78 is 0. The van der Waals surface area contributed by atoms with Crippen molar-refractivity contribution in [3.05, 3.63) is 22.8 Å². The topological polar surface area (TPSA) is 149 Å². The number of hydrogen-bond acceptors (Lipinski definition) is 5. The quantitative estimate of drug-likeness (QED) is 0.0847. The summed E-state index contributed by atoms with van der Waals surface area (Å²) in [6, 6.07) is -0.695. The Morgan fingerprint density at radius 1 is 1.24 bits per heavy atom. The Labute approximate surface area is 147 Å². The molecule has 0 saturated heterocycles. The second-order valence-electron chi connectivity index (χ2n) is 5.90. The first kappa shape index (κ1) is 22.4. The summed E-state index contributed by atoms with van der Waals surface area (Å²) in [5, 5.41) is 24.6. The van der Waals surface area contributed by atoms with Gasteiger partial charge >= 0.3 is 0 Å². The lowest BCUT2D eigenvalue weighted by molar-refractivity contribution is -0.525. The highest BCUT2D eigenvalue weighted by Gasteiger charge is 2.19. The van der Waals surface area contributed by atoms with E-state index in [0.29, 0.717) is 25.3 Å². The van der Waals surface area contributed by atoms with E-state index >= 15 is 0 Å². The Balaban J connectivity index is 4.40. The first-order chi connectivity index (χ1) is 11.8. The Morgan fingerprint density at radius 2 is 1.92 bits per heavy atom. The molecule has 142 valence electrons. The average Bonchev–Trinajstić information content (AvgIpc) is 2.49. The highest BCUT2D eigenvalue weighted by Crippen LogP contribution is 2.01. The van der Waals surface area contributed by atoms with Gasteiger partial charge in [0, 0.05) is 19.5 Å². The number of guanidine groups is 1. The molecule has 5 N–H and O–H groups in total. The summed E-state index contributed by atoms with van der Waals surface area (Å²) >= 11 is 0. The van der Waals surface area contributed by atoms with E-state index in [0.717, 1.165) is 6.42 Å². The molecule has 0 rings (SSSR count). The maximum Gasteiger partial charge on any atom is 0.251 e. The zero-order valence-electron chi connectivity index (χ0n) is 14.8. The molecule has 10 nitrogen and oxygen atoms in total. The van der Waals surface area contributed by atoms with Crippen molar-refractivity contribution in [1.82, 2.24) is 21.4 Å². The standard InChI is InChI=1S/C15H28N6O4/c1-4-6-13(22)19-12(14(23)17-10-8-11(2)3)7-5-9-18-15(16)20-21(24)25/h4,11-12H,1,5-10H2,2-3H3,(H,17,23)(H,19,22)(H3,16,18,20)/t12-/m0/s1. The smallest absolute Gasteiger partial charge is 0.251 e. The van der Waals surface area contributed by atoms with Crippen molar-refractivity contribution in [2.24, 2.45) is 5.92 Å². The predicted molar refractivity (Wildman–Crippen MR) is 94.3 cm³/mol. The fraction of sp³-hybridized carbons (Fsp3) is 0.667. The van der Waals surface area contributed by atoms with Crippen LogP contribution in [0.15, 0.2) is 12.7 Å². The molecule has 0 unspecified atom stereocenters. The number of nitro groups is 1. The van der Waals surface area contributed by atoms with Gasteiger partial charge in [-0.15, -0.1) is 6.58 Å². The molecule has 0 aromatic rings. The third-order valence-corrected chi connectivity index (χ3v) is 3.18. The molecule has 10 heteroatoms. The maximum atomic E-state index is 12.2. The molecule has 0 fully saturated rings. The molecule has 25 heavy (non-hydrogen) atoms. The van der Waals surface area contributed by atoms with E-state index < -0.39 is 17.0 Å². The normalized spacial score (nSPS) is 11.3. The number of hydrogen-bond donors (Lipinski definition) is 5. The van der Waals surface area contributed by atoms with Crippen LogP contribution >= 0.6 is 0 Å². The van der Waals surface area contributed by atoms with E-state index in [4.69, 9.17) is 5.41 Å². The molecular formula is C15H28N6O4. The highest BCUT2D eigenvalue weighted by atomic mass is 16.7. The molecule has 0 aliphatic carbocycles. The fourth-order valence-corrected chi connectivity index (χ4v) is 1.91. The molecule has 0 aliphatic rings. The van der Waals surface area contributed by atoms with Crippen molar-refractivity contribution in [2.45, 2.75) is 45.6 Å². The Hall–Kier alpha value is -2.65. The van der Waals surface area contributed by atoms with Crippen molar-refractivity contribution in [3.8, 4) is 0 Å². The number of rotatable bonds is 12. The summed E-state index contributed by atoms with van der Waals surface area (Å²) in [7, 11) is 0. The van der Waals surface area contributed by atoms with Gasteiger partial charge in [0.25, 0.3) is 5.96 Å². The summed E-state index contributed by atoms with van der Waals surface area (Å²) in [5.41, 5.74) is 1.68. The van der Waals surface area contributed by atoms with E-state index in [1.54, 1.807) is 5.43 Å². The lowest BCUT2D eigenvalue weighted by atomic mass is 10.1. The van der Waals surface area contributed by atoms with Crippen molar-refractivity contribution in [1.29, 1.82) is 5.41 Å². The SMILES string of the molecule is C=CCC(=O)N[C@@H](CCCNC(=N)N[N+](=O)[O-])C(=O)NCCC(C)C. The van der Waals surface area contributed by atoms with Crippen LogP contribution in [0.25, 0.3) is 0 Å². The first-order valence-corrected chi connectivity index (χ1v) is 8.17. The van der Waals surface area contributed by atoms with Crippen LogP contribution in [0.3, 0.4) is 0 Å².